The number of nitrogens with zero attached hydrogens (tertiary/aromatic N) is 3. The maximum absolute atomic E-state index is 6.12. The van der Waals surface area contributed by atoms with Gasteiger partial charge in [0.15, 0.2) is 0 Å². The minimum absolute atomic E-state index is 0.363. The normalized spacial score (nSPS) is 22.8. The number of thioether (sulfide) groups is 1. The summed E-state index contributed by atoms with van der Waals surface area (Å²) in [6.07, 6.45) is 1.53. The Labute approximate surface area is 151 Å². The van der Waals surface area contributed by atoms with Crippen molar-refractivity contribution in [2.75, 3.05) is 18.8 Å². The van der Waals surface area contributed by atoms with Crippen molar-refractivity contribution in [3.05, 3.63) is 45.7 Å². The van der Waals surface area contributed by atoms with E-state index in [-0.39, 0.29) is 0 Å². The molecule has 2 fully saturated rings. The third kappa shape index (κ3) is 3.67. The van der Waals surface area contributed by atoms with Crippen LogP contribution in [-0.4, -0.2) is 44.6 Å². The van der Waals surface area contributed by atoms with Gasteiger partial charge < -0.3 is 4.74 Å². The highest BCUT2D eigenvalue weighted by Gasteiger charge is 2.49. The Morgan fingerprint density at radius 2 is 2.12 bits per heavy atom. The summed E-state index contributed by atoms with van der Waals surface area (Å²) in [4.78, 5) is 11.6. The summed E-state index contributed by atoms with van der Waals surface area (Å²) >= 11 is 3.87. The minimum Gasteiger partial charge on any atom is -0.371 e. The average Bonchev–Trinajstić information content (AvgIpc) is 3.12. The summed E-state index contributed by atoms with van der Waals surface area (Å²) in [5, 5.41) is 3.38. The Bertz CT molecular complexity index is 712. The highest BCUT2D eigenvalue weighted by molar-refractivity contribution is 8.01. The van der Waals surface area contributed by atoms with Gasteiger partial charge in [-0.25, -0.2) is 4.98 Å². The fourth-order valence-corrected chi connectivity index (χ4v) is 5.98. The number of hydrogen-bond acceptors (Lipinski definition) is 6. The van der Waals surface area contributed by atoms with Crippen LogP contribution in [0.2, 0.25) is 0 Å². The molecule has 0 unspecified atom stereocenters. The van der Waals surface area contributed by atoms with Gasteiger partial charge in [-0.05, 0) is 32.4 Å². The second-order valence-electron chi connectivity index (χ2n) is 6.93. The Morgan fingerprint density at radius 3 is 2.88 bits per heavy atom. The molecule has 24 heavy (non-hydrogen) atoms. The molecule has 0 amide bonds. The quantitative estimate of drug-likeness (QED) is 0.816. The summed E-state index contributed by atoms with van der Waals surface area (Å²) in [5.74, 6) is 1.11. The highest BCUT2D eigenvalue weighted by Crippen LogP contribution is 2.46. The topological polar surface area (TPSA) is 38.2 Å². The molecule has 4 rings (SSSR count). The summed E-state index contributed by atoms with van der Waals surface area (Å²) in [6.45, 7) is 8.05. The lowest BCUT2D eigenvalue weighted by atomic mass is 9.93. The number of thiazole rings is 1. The summed E-state index contributed by atoms with van der Waals surface area (Å²) in [6, 6.07) is 6.12. The Morgan fingerprint density at radius 1 is 1.25 bits per heavy atom. The minimum atomic E-state index is 0.363. The number of likely N-dealkylation sites (tertiary alicyclic amines) is 1. The Kier molecular flexibility index (Phi) is 4.64. The van der Waals surface area contributed by atoms with E-state index in [4.69, 9.17) is 4.74 Å². The van der Waals surface area contributed by atoms with Crippen molar-refractivity contribution in [1.82, 2.24) is 14.9 Å². The van der Waals surface area contributed by atoms with Crippen LogP contribution in [0.3, 0.4) is 0 Å². The maximum atomic E-state index is 6.12. The zero-order valence-corrected chi connectivity index (χ0v) is 15.8. The van der Waals surface area contributed by atoms with Gasteiger partial charge in [-0.1, -0.05) is 6.07 Å². The molecule has 4 heterocycles. The van der Waals surface area contributed by atoms with Crippen molar-refractivity contribution in [3.63, 3.8) is 0 Å². The molecule has 0 saturated carbocycles. The van der Waals surface area contributed by atoms with E-state index in [0.29, 0.717) is 17.5 Å². The van der Waals surface area contributed by atoms with E-state index in [1.54, 1.807) is 11.3 Å². The Balaban J connectivity index is 1.24. The number of ether oxygens (including phenoxy) is 1. The Hall–Kier alpha value is -0.950. The zero-order chi connectivity index (χ0) is 16.6. The molecule has 2 aromatic rings. The van der Waals surface area contributed by atoms with Crippen LogP contribution in [0.5, 0.6) is 0 Å². The van der Waals surface area contributed by atoms with Gasteiger partial charge >= 0.3 is 0 Å². The third-order valence-corrected chi connectivity index (χ3v) is 7.16. The molecule has 2 aliphatic heterocycles. The van der Waals surface area contributed by atoms with Gasteiger partial charge in [0.25, 0.3) is 0 Å². The third-order valence-electron chi connectivity index (χ3n) is 4.64. The molecular weight excluding hydrogens is 338 g/mol. The van der Waals surface area contributed by atoms with E-state index in [9.17, 15) is 0 Å². The van der Waals surface area contributed by atoms with Gasteiger partial charge in [-0.3, -0.25) is 9.88 Å². The van der Waals surface area contributed by atoms with Gasteiger partial charge in [-0.15, -0.1) is 23.1 Å². The molecular formula is C18H23N3OS2. The van der Waals surface area contributed by atoms with Crippen LogP contribution < -0.4 is 0 Å². The van der Waals surface area contributed by atoms with Crippen LogP contribution in [0, 0.1) is 13.8 Å². The lowest BCUT2D eigenvalue weighted by molar-refractivity contribution is 0.0250. The first-order valence-corrected chi connectivity index (χ1v) is 10.3. The predicted octanol–water partition coefficient (Wildman–Crippen LogP) is 3.43. The van der Waals surface area contributed by atoms with Crippen LogP contribution in [0.25, 0.3) is 0 Å². The molecule has 1 atom stereocenters. The standard InChI is InChI=1S/C18H23N3OS2/c1-13-4-3-5-15(19-13)8-22-16-6-18(24-10-16)11-21(12-18)7-17-20-14(2)9-23-17/h3-5,9,16H,6-8,10-12H2,1-2H3/t16-/m1/s1. The smallest absolute Gasteiger partial charge is 0.107 e. The van der Waals surface area contributed by atoms with Crippen LogP contribution in [0.1, 0.15) is 28.5 Å². The van der Waals surface area contributed by atoms with E-state index in [0.717, 1.165) is 35.8 Å². The van der Waals surface area contributed by atoms with Crippen LogP contribution in [-0.2, 0) is 17.9 Å². The van der Waals surface area contributed by atoms with Crippen molar-refractivity contribution in [2.45, 2.75) is 44.3 Å². The second-order valence-corrected chi connectivity index (χ2v) is 9.36. The molecule has 0 N–H and O–H groups in total. The van der Waals surface area contributed by atoms with E-state index < -0.39 is 0 Å². The van der Waals surface area contributed by atoms with E-state index in [2.05, 4.69) is 45.0 Å². The number of aromatic nitrogens is 2. The van der Waals surface area contributed by atoms with Crippen LogP contribution in [0.4, 0.5) is 0 Å². The molecule has 2 saturated heterocycles. The summed E-state index contributed by atoms with van der Waals surface area (Å²) in [5.41, 5.74) is 3.23. The second kappa shape index (κ2) is 6.75. The van der Waals surface area contributed by atoms with Crippen LogP contribution in [0.15, 0.2) is 23.6 Å². The van der Waals surface area contributed by atoms with E-state index >= 15 is 0 Å². The number of rotatable bonds is 5. The molecule has 0 radical (unpaired) electrons. The molecule has 2 aliphatic rings. The number of aryl methyl sites for hydroxylation is 2. The molecule has 4 nitrogen and oxygen atoms in total. The number of hydrogen-bond donors (Lipinski definition) is 0. The monoisotopic (exact) mass is 361 g/mol. The van der Waals surface area contributed by atoms with Gasteiger partial charge in [0, 0.05) is 40.4 Å². The van der Waals surface area contributed by atoms with Crippen molar-refractivity contribution in [3.8, 4) is 0 Å². The largest absolute Gasteiger partial charge is 0.371 e. The van der Waals surface area contributed by atoms with Crippen molar-refractivity contribution in [2.24, 2.45) is 0 Å². The van der Waals surface area contributed by atoms with Crippen molar-refractivity contribution < 1.29 is 4.74 Å². The fourth-order valence-electron chi connectivity index (χ4n) is 3.56. The molecule has 6 heteroatoms. The molecule has 0 aromatic carbocycles. The SMILES string of the molecule is Cc1cccc(CO[C@H]2CSC3(C2)CN(Cc2nc(C)cs2)C3)n1. The first-order chi connectivity index (χ1) is 11.6. The van der Waals surface area contributed by atoms with Gasteiger partial charge in [-0.2, -0.15) is 0 Å². The van der Waals surface area contributed by atoms with Crippen molar-refractivity contribution in [1.29, 1.82) is 0 Å². The molecule has 0 bridgehead atoms. The predicted molar refractivity (Wildman–Crippen MR) is 99.5 cm³/mol. The summed E-state index contributed by atoms with van der Waals surface area (Å²) in [7, 11) is 0. The first-order valence-electron chi connectivity index (χ1n) is 8.42. The van der Waals surface area contributed by atoms with Gasteiger partial charge in [0.1, 0.15) is 5.01 Å². The first kappa shape index (κ1) is 16.5. The molecule has 1 spiro atoms. The van der Waals surface area contributed by atoms with E-state index in [1.807, 2.05) is 19.1 Å². The fraction of sp³-hybridized carbons (Fsp3) is 0.556. The lowest BCUT2D eigenvalue weighted by Crippen LogP contribution is -2.58. The lowest BCUT2D eigenvalue weighted by Gasteiger charge is -2.47. The molecule has 0 aliphatic carbocycles. The van der Waals surface area contributed by atoms with Gasteiger partial charge in [0.2, 0.25) is 0 Å². The molecule has 2 aromatic heterocycles. The maximum Gasteiger partial charge on any atom is 0.107 e. The molecule has 128 valence electrons. The highest BCUT2D eigenvalue weighted by atomic mass is 32.2. The van der Waals surface area contributed by atoms with Gasteiger partial charge in [0.05, 0.1) is 24.9 Å². The number of pyridine rings is 1. The van der Waals surface area contributed by atoms with E-state index in [1.165, 1.54) is 18.1 Å². The summed E-state index contributed by atoms with van der Waals surface area (Å²) < 4.78 is 6.53. The zero-order valence-electron chi connectivity index (χ0n) is 14.2. The van der Waals surface area contributed by atoms with Crippen LogP contribution >= 0.6 is 23.1 Å². The van der Waals surface area contributed by atoms with Crippen molar-refractivity contribution >= 4 is 23.1 Å². The average molecular weight is 362 g/mol.